The molecule has 0 bridgehead atoms. The summed E-state index contributed by atoms with van der Waals surface area (Å²) in [6, 6.07) is 13.0. The van der Waals surface area contributed by atoms with Gasteiger partial charge in [-0.1, -0.05) is 35.9 Å². The van der Waals surface area contributed by atoms with Crippen LogP contribution < -0.4 is 10.6 Å². The Hall–Kier alpha value is -2.07. The summed E-state index contributed by atoms with van der Waals surface area (Å²) in [6.07, 6.45) is 0.644. The molecule has 0 saturated carbocycles. The number of rotatable bonds is 4. The summed E-state index contributed by atoms with van der Waals surface area (Å²) in [5, 5.41) is 5.91. The van der Waals surface area contributed by atoms with Crippen LogP contribution in [0, 0.1) is 5.82 Å². The fraction of sp³-hybridized carbons (Fsp3) is 0.188. The van der Waals surface area contributed by atoms with Gasteiger partial charge in [0.2, 0.25) is 0 Å². The van der Waals surface area contributed by atoms with Gasteiger partial charge in [-0.05, 0) is 43.2 Å². The lowest BCUT2D eigenvalue weighted by molar-refractivity contribution is 0.249. The lowest BCUT2D eigenvalue weighted by Gasteiger charge is -2.15. The Labute approximate surface area is 128 Å². The van der Waals surface area contributed by atoms with Crippen molar-refractivity contribution >= 4 is 23.3 Å². The third-order valence-electron chi connectivity index (χ3n) is 2.93. The van der Waals surface area contributed by atoms with Crippen molar-refractivity contribution in [2.24, 2.45) is 0 Å². The zero-order valence-electron chi connectivity index (χ0n) is 11.6. The van der Waals surface area contributed by atoms with Gasteiger partial charge in [0.25, 0.3) is 0 Å². The molecule has 0 heterocycles. The molecule has 0 fully saturated rings. The highest BCUT2D eigenvalue weighted by Gasteiger charge is 2.10. The summed E-state index contributed by atoms with van der Waals surface area (Å²) in [5.74, 6) is -0.463. The smallest absolute Gasteiger partial charge is 0.319 e. The van der Waals surface area contributed by atoms with Crippen LogP contribution in [0.1, 0.15) is 12.5 Å². The van der Waals surface area contributed by atoms with E-state index in [0.717, 1.165) is 5.56 Å². The summed E-state index contributed by atoms with van der Waals surface area (Å²) in [6.45, 7) is 1.88. The van der Waals surface area contributed by atoms with Gasteiger partial charge < -0.3 is 10.6 Å². The van der Waals surface area contributed by atoms with Crippen molar-refractivity contribution in [1.82, 2.24) is 5.32 Å². The van der Waals surface area contributed by atoms with Crippen LogP contribution in [0.25, 0.3) is 0 Å². The van der Waals surface area contributed by atoms with E-state index in [1.165, 1.54) is 12.1 Å². The first kappa shape index (κ1) is 15.3. The third-order valence-corrected chi connectivity index (χ3v) is 3.17. The summed E-state index contributed by atoms with van der Waals surface area (Å²) in [7, 11) is 0. The van der Waals surface area contributed by atoms with Gasteiger partial charge in [0, 0.05) is 11.1 Å². The summed E-state index contributed by atoms with van der Waals surface area (Å²) >= 11 is 5.92. The van der Waals surface area contributed by atoms with E-state index in [1.807, 2.05) is 25.1 Å². The van der Waals surface area contributed by atoms with Crippen LogP contribution in [0.15, 0.2) is 48.5 Å². The van der Waals surface area contributed by atoms with Gasteiger partial charge >= 0.3 is 6.03 Å². The van der Waals surface area contributed by atoms with Gasteiger partial charge in [-0.2, -0.15) is 0 Å². The molecule has 2 amide bonds. The Kier molecular flexibility index (Phi) is 5.17. The maximum absolute atomic E-state index is 13.4. The maximum atomic E-state index is 13.4. The van der Waals surface area contributed by atoms with Crippen LogP contribution in [0.4, 0.5) is 14.9 Å². The minimum atomic E-state index is -0.463. The fourth-order valence-electron chi connectivity index (χ4n) is 2.01. The summed E-state index contributed by atoms with van der Waals surface area (Å²) in [5.41, 5.74) is 1.19. The van der Waals surface area contributed by atoms with Crippen molar-refractivity contribution in [3.63, 3.8) is 0 Å². The van der Waals surface area contributed by atoms with Crippen molar-refractivity contribution in [3.05, 3.63) is 64.9 Å². The number of amides is 2. The zero-order valence-corrected chi connectivity index (χ0v) is 12.3. The fourth-order valence-corrected chi connectivity index (χ4v) is 2.23. The molecule has 110 valence electrons. The number of carbonyl (C=O) groups is 1. The first-order valence-corrected chi connectivity index (χ1v) is 6.99. The Morgan fingerprint density at radius 1 is 1.24 bits per heavy atom. The first-order chi connectivity index (χ1) is 10.0. The second kappa shape index (κ2) is 7.09. The molecule has 2 N–H and O–H groups in total. The molecule has 0 radical (unpaired) electrons. The van der Waals surface area contributed by atoms with Crippen molar-refractivity contribution in [3.8, 4) is 0 Å². The number of anilines is 1. The Bertz CT molecular complexity index is 633. The van der Waals surface area contributed by atoms with Crippen molar-refractivity contribution in [1.29, 1.82) is 0 Å². The number of benzene rings is 2. The molecule has 1 unspecified atom stereocenters. The predicted octanol–water partition coefficient (Wildman–Crippen LogP) is 4.23. The molecule has 0 aliphatic heterocycles. The number of urea groups is 1. The normalized spacial score (nSPS) is 11.8. The number of nitrogens with one attached hydrogen (secondary N) is 2. The molecule has 0 aromatic heterocycles. The third kappa shape index (κ3) is 4.76. The van der Waals surface area contributed by atoms with Crippen molar-refractivity contribution < 1.29 is 9.18 Å². The van der Waals surface area contributed by atoms with E-state index in [9.17, 15) is 9.18 Å². The molecule has 3 nitrogen and oxygen atoms in total. The van der Waals surface area contributed by atoms with E-state index >= 15 is 0 Å². The standard InChI is InChI=1S/C16H16ClFN2O/c1-11(9-12-5-4-6-13(17)10-12)19-16(21)20-15-8-3-2-7-14(15)18/h2-8,10-11H,9H2,1H3,(H2,19,20,21). The maximum Gasteiger partial charge on any atom is 0.319 e. The van der Waals surface area contributed by atoms with Crippen LogP contribution in [-0.4, -0.2) is 12.1 Å². The summed E-state index contributed by atoms with van der Waals surface area (Å²) in [4.78, 5) is 11.8. The molecule has 0 spiro atoms. The Morgan fingerprint density at radius 3 is 2.71 bits per heavy atom. The molecule has 1 atom stereocenters. The lowest BCUT2D eigenvalue weighted by Crippen LogP contribution is -2.37. The molecule has 5 heteroatoms. The van der Waals surface area contributed by atoms with Crippen LogP contribution in [0.3, 0.4) is 0 Å². The highest BCUT2D eigenvalue weighted by atomic mass is 35.5. The average molecular weight is 307 g/mol. The van der Waals surface area contributed by atoms with Crippen LogP contribution in [-0.2, 0) is 6.42 Å². The van der Waals surface area contributed by atoms with E-state index < -0.39 is 11.8 Å². The van der Waals surface area contributed by atoms with Gasteiger partial charge in [-0.3, -0.25) is 0 Å². The predicted molar refractivity (Wildman–Crippen MR) is 83.2 cm³/mol. The number of para-hydroxylation sites is 1. The molecule has 0 aliphatic carbocycles. The average Bonchev–Trinajstić information content (AvgIpc) is 2.41. The highest BCUT2D eigenvalue weighted by molar-refractivity contribution is 6.30. The van der Waals surface area contributed by atoms with Gasteiger partial charge in [0.1, 0.15) is 5.82 Å². The Morgan fingerprint density at radius 2 is 2.00 bits per heavy atom. The minimum absolute atomic E-state index is 0.102. The highest BCUT2D eigenvalue weighted by Crippen LogP contribution is 2.13. The number of carbonyl (C=O) groups excluding carboxylic acids is 1. The lowest BCUT2D eigenvalue weighted by atomic mass is 10.1. The molecule has 2 aromatic carbocycles. The summed E-state index contributed by atoms with van der Waals surface area (Å²) < 4.78 is 13.4. The van der Waals surface area contributed by atoms with Crippen molar-refractivity contribution in [2.75, 3.05) is 5.32 Å². The topological polar surface area (TPSA) is 41.1 Å². The molecule has 0 aliphatic rings. The van der Waals surface area contributed by atoms with E-state index in [2.05, 4.69) is 10.6 Å². The molecule has 2 aromatic rings. The van der Waals surface area contributed by atoms with Gasteiger partial charge in [-0.25, -0.2) is 9.18 Å². The second-order valence-corrected chi connectivity index (χ2v) is 5.25. The van der Waals surface area contributed by atoms with Crippen LogP contribution >= 0.6 is 11.6 Å². The monoisotopic (exact) mass is 306 g/mol. The van der Waals surface area contributed by atoms with Gasteiger partial charge in [-0.15, -0.1) is 0 Å². The van der Waals surface area contributed by atoms with Crippen molar-refractivity contribution in [2.45, 2.75) is 19.4 Å². The first-order valence-electron chi connectivity index (χ1n) is 6.61. The van der Waals surface area contributed by atoms with E-state index in [4.69, 9.17) is 11.6 Å². The van der Waals surface area contributed by atoms with Gasteiger partial charge in [0.05, 0.1) is 5.69 Å². The van der Waals surface area contributed by atoms with Crippen LogP contribution in [0.5, 0.6) is 0 Å². The number of hydrogen-bond acceptors (Lipinski definition) is 1. The largest absolute Gasteiger partial charge is 0.335 e. The van der Waals surface area contributed by atoms with E-state index in [-0.39, 0.29) is 11.7 Å². The van der Waals surface area contributed by atoms with Gasteiger partial charge in [0.15, 0.2) is 0 Å². The molecule has 21 heavy (non-hydrogen) atoms. The minimum Gasteiger partial charge on any atom is -0.335 e. The van der Waals surface area contributed by atoms with E-state index in [0.29, 0.717) is 11.4 Å². The molecular formula is C16H16ClFN2O. The number of hydrogen-bond donors (Lipinski definition) is 2. The van der Waals surface area contributed by atoms with Crippen LogP contribution in [0.2, 0.25) is 5.02 Å². The molecule has 0 saturated heterocycles. The molecule has 2 rings (SSSR count). The van der Waals surface area contributed by atoms with E-state index in [1.54, 1.807) is 18.2 Å². The number of halogens is 2. The SMILES string of the molecule is CC(Cc1cccc(Cl)c1)NC(=O)Nc1ccccc1F. The zero-order chi connectivity index (χ0) is 15.2. The Balaban J connectivity index is 1.89. The quantitative estimate of drug-likeness (QED) is 0.872. The molecular weight excluding hydrogens is 291 g/mol. The second-order valence-electron chi connectivity index (χ2n) is 4.81.